The molecule has 0 heterocycles. The average molecular weight is 215 g/mol. The van der Waals surface area contributed by atoms with Crippen molar-refractivity contribution < 1.29 is 19.4 Å². The lowest BCUT2D eigenvalue weighted by atomic mass is 9.90. The van der Waals surface area contributed by atoms with E-state index in [0.717, 1.165) is 6.42 Å². The third-order valence-corrected chi connectivity index (χ3v) is 3.81. The van der Waals surface area contributed by atoms with E-state index in [9.17, 15) is 14.7 Å². The van der Waals surface area contributed by atoms with Crippen molar-refractivity contribution in [1.29, 1.82) is 0 Å². The number of aliphatic hydroxyl groups is 1. The number of hydrogen-bond acceptors (Lipinski definition) is 4. The van der Waals surface area contributed by atoms with E-state index in [4.69, 9.17) is 0 Å². The molecule has 1 saturated carbocycles. The summed E-state index contributed by atoms with van der Waals surface area (Å²) in [7, 11) is 1.25. The molecule has 0 saturated heterocycles. The second-order valence-corrected chi connectivity index (χ2v) is 5.43. The van der Waals surface area contributed by atoms with E-state index in [1.165, 1.54) is 7.11 Å². The Morgan fingerprint density at radius 3 is 3.00 bits per heavy atom. The fraction of sp³-hybridized carbons (Fsp3) is 0.750. The molecule has 1 aliphatic carbocycles. The van der Waals surface area contributed by atoms with Crippen LogP contribution in [0, 0.1) is 0 Å². The first-order valence-electron chi connectivity index (χ1n) is 4.58. The number of alkyl carbamates (subject to hydrolysis) is 1. The van der Waals surface area contributed by atoms with Gasteiger partial charge in [0, 0.05) is 4.40 Å². The highest BCUT2D eigenvalue weighted by atomic mass is 27.0. The van der Waals surface area contributed by atoms with Crippen molar-refractivity contribution in [3.63, 3.8) is 0 Å². The van der Waals surface area contributed by atoms with Crippen molar-refractivity contribution in [2.24, 2.45) is 0 Å². The number of ketones is 1. The van der Waals surface area contributed by atoms with Crippen LogP contribution in [0.2, 0.25) is 0 Å². The quantitative estimate of drug-likeness (QED) is 0.538. The van der Waals surface area contributed by atoms with E-state index >= 15 is 0 Å². The summed E-state index contributed by atoms with van der Waals surface area (Å²) in [5.41, 5.74) is 0. The minimum absolute atomic E-state index is 0.277. The largest absolute Gasteiger partial charge is 0.453 e. The van der Waals surface area contributed by atoms with Gasteiger partial charge in [0.05, 0.1) is 7.11 Å². The fourth-order valence-corrected chi connectivity index (χ4v) is 2.56. The molecule has 1 rings (SSSR count). The Bertz CT molecular complexity index is 258. The monoisotopic (exact) mass is 215 g/mol. The van der Waals surface area contributed by atoms with Gasteiger partial charge in [-0.3, -0.25) is 4.79 Å². The highest BCUT2D eigenvalue weighted by Gasteiger charge is 2.41. The number of nitrogens with one attached hydrogen (secondary N) is 1. The standard InChI is InChI=1S/C8H12NO4.Al.2H/c1-13-8(12)9-5-3-2-4-6(10)7(5)11;;;/h6,10H,2-4H2,1H3,(H,9,12);;;. The van der Waals surface area contributed by atoms with Crippen molar-refractivity contribution in [2.45, 2.75) is 29.8 Å². The Kier molecular flexibility index (Phi) is 3.54. The van der Waals surface area contributed by atoms with Gasteiger partial charge in [0.2, 0.25) is 0 Å². The van der Waals surface area contributed by atoms with E-state index in [2.05, 4.69) is 10.1 Å². The summed E-state index contributed by atoms with van der Waals surface area (Å²) in [6.07, 6.45) is 0.303. The molecule has 2 N–H and O–H groups in total. The van der Waals surface area contributed by atoms with Gasteiger partial charge >= 0.3 is 6.09 Å². The molecule has 2 unspecified atom stereocenters. The molecule has 0 aliphatic heterocycles. The molecule has 5 nitrogen and oxygen atoms in total. The zero-order valence-corrected chi connectivity index (χ0v) is 10.4. The molecular formula is C8H14AlNO4. The van der Waals surface area contributed by atoms with Gasteiger partial charge in [0.1, 0.15) is 6.10 Å². The van der Waals surface area contributed by atoms with E-state index in [-0.39, 0.29) is 5.78 Å². The van der Waals surface area contributed by atoms with Gasteiger partial charge in [0.25, 0.3) is 16.3 Å². The number of amides is 1. The maximum Gasteiger partial charge on any atom is 0.406 e. The third kappa shape index (κ3) is 2.27. The first-order valence-corrected chi connectivity index (χ1v) is 5.58. The molecule has 0 aromatic carbocycles. The van der Waals surface area contributed by atoms with Crippen LogP contribution >= 0.6 is 0 Å². The van der Waals surface area contributed by atoms with Crippen LogP contribution in [0.15, 0.2) is 0 Å². The minimum Gasteiger partial charge on any atom is -0.453 e. The van der Waals surface area contributed by atoms with E-state index in [1.54, 1.807) is 0 Å². The summed E-state index contributed by atoms with van der Waals surface area (Å²) in [5, 5.41) is 11.9. The van der Waals surface area contributed by atoms with Crippen LogP contribution in [-0.4, -0.2) is 50.9 Å². The lowest BCUT2D eigenvalue weighted by Gasteiger charge is -2.35. The average Bonchev–Trinajstić information content (AvgIpc) is 2.14. The molecule has 1 amide bonds. The summed E-state index contributed by atoms with van der Waals surface area (Å²) in [5.74, 6) is -0.277. The predicted molar refractivity (Wildman–Crippen MR) is 51.7 cm³/mol. The second kappa shape index (κ2) is 4.30. The van der Waals surface area contributed by atoms with Crippen LogP contribution in [0.25, 0.3) is 0 Å². The van der Waals surface area contributed by atoms with Crippen molar-refractivity contribution in [3.8, 4) is 0 Å². The summed E-state index contributed by atoms with van der Waals surface area (Å²) in [4.78, 5) is 22.6. The molecule has 6 heteroatoms. The molecule has 1 fully saturated rings. The zero-order chi connectivity index (χ0) is 10.8. The smallest absolute Gasteiger partial charge is 0.406 e. The number of rotatable bonds is 1. The van der Waals surface area contributed by atoms with Crippen LogP contribution in [0.1, 0.15) is 19.3 Å². The number of carbonyl (C=O) groups is 2. The van der Waals surface area contributed by atoms with E-state index < -0.39 is 16.6 Å². The van der Waals surface area contributed by atoms with Gasteiger partial charge in [0.15, 0.2) is 5.78 Å². The highest BCUT2D eigenvalue weighted by Crippen LogP contribution is 2.22. The van der Waals surface area contributed by atoms with Crippen LogP contribution in [0.3, 0.4) is 0 Å². The molecule has 0 radical (unpaired) electrons. The molecule has 0 bridgehead atoms. The van der Waals surface area contributed by atoms with Crippen LogP contribution in [0.5, 0.6) is 0 Å². The first-order chi connectivity index (χ1) is 6.49. The Morgan fingerprint density at radius 1 is 1.79 bits per heavy atom. The maximum atomic E-state index is 11.6. The van der Waals surface area contributed by atoms with Crippen molar-refractivity contribution >= 4 is 28.2 Å². The number of aliphatic hydroxyl groups excluding tert-OH is 1. The van der Waals surface area contributed by atoms with Crippen molar-refractivity contribution in [2.75, 3.05) is 7.11 Å². The SMILES string of the molecule is COC(=O)N[C]1([AlH2])CCCC(O)C1=O. The lowest BCUT2D eigenvalue weighted by Crippen LogP contribution is -2.60. The Balaban J connectivity index is 2.71. The van der Waals surface area contributed by atoms with Gasteiger partial charge < -0.3 is 15.2 Å². The van der Waals surface area contributed by atoms with Crippen molar-refractivity contribution in [3.05, 3.63) is 0 Å². The third-order valence-electron chi connectivity index (χ3n) is 2.56. The molecular weight excluding hydrogens is 201 g/mol. The summed E-state index contributed by atoms with van der Waals surface area (Å²) >= 11 is 0.483. The summed E-state index contributed by atoms with van der Waals surface area (Å²) in [6, 6.07) is 0. The molecule has 78 valence electrons. The fourth-order valence-electron chi connectivity index (χ4n) is 1.67. The molecule has 0 aromatic heterocycles. The number of hydrogen-bond donors (Lipinski definition) is 2. The Morgan fingerprint density at radius 2 is 2.43 bits per heavy atom. The van der Waals surface area contributed by atoms with Gasteiger partial charge in [-0.1, -0.05) is 0 Å². The van der Waals surface area contributed by atoms with E-state index in [1.807, 2.05) is 0 Å². The van der Waals surface area contributed by atoms with Crippen LogP contribution in [-0.2, 0) is 9.53 Å². The van der Waals surface area contributed by atoms with Crippen LogP contribution < -0.4 is 5.32 Å². The summed E-state index contributed by atoms with van der Waals surface area (Å²) in [6.45, 7) is 0. The lowest BCUT2D eigenvalue weighted by molar-refractivity contribution is -0.133. The topological polar surface area (TPSA) is 75.6 Å². The first kappa shape index (κ1) is 11.5. The Hall–Kier alpha value is -0.568. The highest BCUT2D eigenvalue weighted by molar-refractivity contribution is 6.30. The van der Waals surface area contributed by atoms with Crippen molar-refractivity contribution in [1.82, 2.24) is 5.32 Å². The second-order valence-electron chi connectivity index (χ2n) is 3.72. The molecule has 1 aliphatic rings. The maximum absolute atomic E-state index is 11.6. The molecule has 0 aromatic rings. The van der Waals surface area contributed by atoms with Gasteiger partial charge in [-0.2, -0.15) is 0 Å². The molecule has 0 spiro atoms. The predicted octanol–water partition coefficient (Wildman–Crippen LogP) is -1.21. The molecule has 2 atom stereocenters. The number of Topliss-reactive ketones (excluding diaryl/α,β-unsaturated/α-hetero) is 1. The number of carbonyl (C=O) groups excluding carboxylic acids is 2. The van der Waals surface area contributed by atoms with Crippen LogP contribution in [0.4, 0.5) is 4.79 Å². The Labute approximate surface area is 90.2 Å². The zero-order valence-electron chi connectivity index (χ0n) is 8.37. The van der Waals surface area contributed by atoms with Gasteiger partial charge in [-0.05, 0) is 19.3 Å². The summed E-state index contributed by atoms with van der Waals surface area (Å²) < 4.78 is 3.60. The normalized spacial score (nSPS) is 32.4. The van der Waals surface area contributed by atoms with Gasteiger partial charge in [-0.15, -0.1) is 0 Å². The number of methoxy groups -OCH3 is 1. The van der Waals surface area contributed by atoms with Gasteiger partial charge in [-0.25, -0.2) is 4.79 Å². The molecule has 14 heavy (non-hydrogen) atoms. The van der Waals surface area contributed by atoms with E-state index in [0.29, 0.717) is 29.1 Å². The minimum atomic E-state index is -0.932. The number of ether oxygens (including phenoxy) is 1.